The van der Waals surface area contributed by atoms with Crippen LogP contribution in [0.1, 0.15) is 37.8 Å². The highest BCUT2D eigenvalue weighted by molar-refractivity contribution is 5.70. The lowest BCUT2D eigenvalue weighted by molar-refractivity contribution is 0.476. The van der Waals surface area contributed by atoms with Gasteiger partial charge in [-0.05, 0) is 35.6 Å². The van der Waals surface area contributed by atoms with E-state index in [0.717, 1.165) is 36.8 Å². The molecule has 0 aromatic heterocycles. The van der Waals surface area contributed by atoms with Crippen molar-refractivity contribution in [2.45, 2.75) is 39.5 Å². The molecule has 1 nitrogen and oxygen atoms in total. The Hall–Kier alpha value is -1.76. The van der Waals surface area contributed by atoms with Crippen LogP contribution in [0.25, 0.3) is 11.1 Å². The van der Waals surface area contributed by atoms with E-state index in [-0.39, 0.29) is 0 Å². The van der Waals surface area contributed by atoms with Gasteiger partial charge in [0.05, 0.1) is 0 Å². The molecule has 0 saturated heterocycles. The third kappa shape index (κ3) is 3.37. The van der Waals surface area contributed by atoms with Crippen molar-refractivity contribution >= 4 is 0 Å². The maximum atomic E-state index is 10.1. The van der Waals surface area contributed by atoms with Crippen LogP contribution < -0.4 is 0 Å². The van der Waals surface area contributed by atoms with Crippen LogP contribution >= 0.6 is 0 Å². The lowest BCUT2D eigenvalue weighted by atomic mass is 9.99. The highest BCUT2D eigenvalue weighted by Gasteiger charge is 2.05. The van der Waals surface area contributed by atoms with Crippen molar-refractivity contribution in [2.24, 2.45) is 0 Å². The standard InChI is InChI=1S/C18H22O/c1-3-5-14-7-10-16(11-8-14)17-12-9-15(6-4-2)13-18(17)19/h7-13,19H,3-6H2,1-2H3. The summed E-state index contributed by atoms with van der Waals surface area (Å²) in [5.74, 6) is 0.384. The SMILES string of the molecule is CCCc1ccc(-c2ccc(CCC)cc2O)cc1. The minimum absolute atomic E-state index is 0.384. The number of aryl methyl sites for hydroxylation is 2. The van der Waals surface area contributed by atoms with Gasteiger partial charge in [0.1, 0.15) is 5.75 Å². The minimum Gasteiger partial charge on any atom is -0.507 e. The molecular formula is C18H22O. The summed E-state index contributed by atoms with van der Waals surface area (Å²) in [5.41, 5.74) is 4.56. The Kier molecular flexibility index (Phi) is 4.62. The Morgan fingerprint density at radius 2 is 1.37 bits per heavy atom. The average molecular weight is 254 g/mol. The maximum absolute atomic E-state index is 10.1. The largest absolute Gasteiger partial charge is 0.507 e. The molecule has 0 aliphatic rings. The van der Waals surface area contributed by atoms with Gasteiger partial charge in [-0.2, -0.15) is 0 Å². The van der Waals surface area contributed by atoms with Crippen LogP contribution in [-0.4, -0.2) is 5.11 Å². The highest BCUT2D eigenvalue weighted by Crippen LogP contribution is 2.30. The Balaban J connectivity index is 2.25. The molecule has 2 aromatic rings. The number of phenols is 1. The maximum Gasteiger partial charge on any atom is 0.123 e. The normalized spacial score (nSPS) is 10.6. The van der Waals surface area contributed by atoms with E-state index in [2.05, 4.69) is 44.2 Å². The predicted molar refractivity (Wildman–Crippen MR) is 81.5 cm³/mol. The molecule has 100 valence electrons. The van der Waals surface area contributed by atoms with Crippen molar-refractivity contribution in [2.75, 3.05) is 0 Å². The lowest BCUT2D eigenvalue weighted by Crippen LogP contribution is -1.87. The summed E-state index contributed by atoms with van der Waals surface area (Å²) >= 11 is 0. The summed E-state index contributed by atoms with van der Waals surface area (Å²) < 4.78 is 0. The number of rotatable bonds is 5. The van der Waals surface area contributed by atoms with E-state index >= 15 is 0 Å². The predicted octanol–water partition coefficient (Wildman–Crippen LogP) is 4.96. The van der Waals surface area contributed by atoms with Crippen LogP contribution in [0.2, 0.25) is 0 Å². The molecule has 0 unspecified atom stereocenters. The first-order chi connectivity index (χ1) is 9.24. The van der Waals surface area contributed by atoms with E-state index in [1.807, 2.05) is 12.1 Å². The molecule has 2 rings (SSSR count). The monoisotopic (exact) mass is 254 g/mol. The van der Waals surface area contributed by atoms with Gasteiger partial charge < -0.3 is 5.11 Å². The van der Waals surface area contributed by atoms with Crippen molar-refractivity contribution in [1.29, 1.82) is 0 Å². The zero-order chi connectivity index (χ0) is 13.7. The zero-order valence-corrected chi connectivity index (χ0v) is 11.8. The van der Waals surface area contributed by atoms with E-state index < -0.39 is 0 Å². The molecule has 0 heterocycles. The molecule has 0 atom stereocenters. The summed E-state index contributed by atoms with van der Waals surface area (Å²) in [6, 6.07) is 14.5. The van der Waals surface area contributed by atoms with Crippen molar-refractivity contribution < 1.29 is 5.11 Å². The Labute approximate surface area is 115 Å². The Bertz CT molecular complexity index is 526. The molecule has 0 aliphatic carbocycles. The smallest absolute Gasteiger partial charge is 0.123 e. The second kappa shape index (κ2) is 6.42. The first kappa shape index (κ1) is 13.7. The van der Waals surface area contributed by atoms with E-state index in [1.54, 1.807) is 0 Å². The van der Waals surface area contributed by atoms with E-state index in [1.165, 1.54) is 11.1 Å². The third-order valence-electron chi connectivity index (χ3n) is 3.40. The summed E-state index contributed by atoms with van der Waals surface area (Å²) in [6.07, 6.45) is 4.39. The van der Waals surface area contributed by atoms with Gasteiger partial charge in [0.25, 0.3) is 0 Å². The van der Waals surface area contributed by atoms with Gasteiger partial charge in [0, 0.05) is 5.56 Å². The van der Waals surface area contributed by atoms with Crippen LogP contribution in [0.5, 0.6) is 5.75 Å². The van der Waals surface area contributed by atoms with Gasteiger partial charge in [-0.15, -0.1) is 0 Å². The number of hydrogen-bond donors (Lipinski definition) is 1. The van der Waals surface area contributed by atoms with Crippen LogP contribution in [0, 0.1) is 0 Å². The fraction of sp³-hybridized carbons (Fsp3) is 0.333. The van der Waals surface area contributed by atoms with Crippen molar-refractivity contribution in [3.63, 3.8) is 0 Å². The van der Waals surface area contributed by atoms with Crippen LogP contribution in [-0.2, 0) is 12.8 Å². The number of hydrogen-bond acceptors (Lipinski definition) is 1. The quantitative estimate of drug-likeness (QED) is 0.799. The molecule has 0 aliphatic heterocycles. The molecule has 0 radical (unpaired) electrons. The first-order valence-corrected chi connectivity index (χ1v) is 7.15. The van der Waals surface area contributed by atoms with Crippen LogP contribution in [0.3, 0.4) is 0 Å². The first-order valence-electron chi connectivity index (χ1n) is 7.15. The van der Waals surface area contributed by atoms with E-state index in [0.29, 0.717) is 5.75 Å². The lowest BCUT2D eigenvalue weighted by Gasteiger charge is -2.08. The molecule has 1 heteroatoms. The van der Waals surface area contributed by atoms with Crippen LogP contribution in [0.4, 0.5) is 0 Å². The minimum atomic E-state index is 0.384. The van der Waals surface area contributed by atoms with Gasteiger partial charge in [-0.25, -0.2) is 0 Å². The van der Waals surface area contributed by atoms with Gasteiger partial charge in [-0.1, -0.05) is 63.1 Å². The summed E-state index contributed by atoms with van der Waals surface area (Å²) in [6.45, 7) is 4.34. The van der Waals surface area contributed by atoms with Crippen molar-refractivity contribution in [1.82, 2.24) is 0 Å². The fourth-order valence-electron chi connectivity index (χ4n) is 2.41. The van der Waals surface area contributed by atoms with Gasteiger partial charge in [0.15, 0.2) is 0 Å². The van der Waals surface area contributed by atoms with E-state index in [9.17, 15) is 5.11 Å². The fourth-order valence-corrected chi connectivity index (χ4v) is 2.41. The third-order valence-corrected chi connectivity index (χ3v) is 3.40. The molecule has 2 aromatic carbocycles. The number of aromatic hydroxyl groups is 1. The zero-order valence-electron chi connectivity index (χ0n) is 11.8. The Morgan fingerprint density at radius 3 is 1.95 bits per heavy atom. The molecule has 0 amide bonds. The average Bonchev–Trinajstić information content (AvgIpc) is 2.41. The molecule has 19 heavy (non-hydrogen) atoms. The van der Waals surface area contributed by atoms with Crippen molar-refractivity contribution in [3.8, 4) is 16.9 Å². The summed E-state index contributed by atoms with van der Waals surface area (Å²) in [4.78, 5) is 0. The molecule has 0 saturated carbocycles. The molecule has 1 N–H and O–H groups in total. The molecule has 0 bridgehead atoms. The van der Waals surface area contributed by atoms with Gasteiger partial charge >= 0.3 is 0 Å². The Morgan fingerprint density at radius 1 is 0.789 bits per heavy atom. The highest BCUT2D eigenvalue weighted by atomic mass is 16.3. The van der Waals surface area contributed by atoms with Crippen LogP contribution in [0.15, 0.2) is 42.5 Å². The second-order valence-corrected chi connectivity index (χ2v) is 5.05. The molecule has 0 fully saturated rings. The van der Waals surface area contributed by atoms with Crippen molar-refractivity contribution in [3.05, 3.63) is 53.6 Å². The molecular weight excluding hydrogens is 232 g/mol. The number of benzene rings is 2. The number of phenolic OH excluding ortho intramolecular Hbond substituents is 1. The summed E-state index contributed by atoms with van der Waals surface area (Å²) in [5, 5.41) is 10.1. The summed E-state index contributed by atoms with van der Waals surface area (Å²) in [7, 11) is 0. The topological polar surface area (TPSA) is 20.2 Å². The molecule has 0 spiro atoms. The van der Waals surface area contributed by atoms with E-state index in [4.69, 9.17) is 0 Å². The van der Waals surface area contributed by atoms with Gasteiger partial charge in [-0.3, -0.25) is 0 Å². The second-order valence-electron chi connectivity index (χ2n) is 5.05. The van der Waals surface area contributed by atoms with Gasteiger partial charge in [0.2, 0.25) is 0 Å².